The smallest absolute Gasteiger partial charge is 0.242 e. The van der Waals surface area contributed by atoms with Crippen LogP contribution in [0.2, 0.25) is 0 Å². The molecule has 1 atom stereocenters. The summed E-state index contributed by atoms with van der Waals surface area (Å²) in [6.07, 6.45) is 0. The summed E-state index contributed by atoms with van der Waals surface area (Å²) < 4.78 is 18.3. The molecule has 2 amide bonds. The molecule has 0 aliphatic heterocycles. The average molecular weight is 447 g/mol. The Morgan fingerprint density at radius 3 is 2.45 bits per heavy atom. The first-order valence-electron chi connectivity index (χ1n) is 10.3. The first-order chi connectivity index (χ1) is 14.8. The molecule has 2 aromatic rings. The molecule has 0 saturated heterocycles. The van der Waals surface area contributed by atoms with E-state index in [4.69, 9.17) is 4.74 Å². The van der Waals surface area contributed by atoms with Crippen LogP contribution in [0, 0.1) is 11.7 Å². The van der Waals surface area contributed by atoms with Gasteiger partial charge >= 0.3 is 0 Å². The van der Waals surface area contributed by atoms with Crippen molar-refractivity contribution in [2.45, 2.75) is 39.1 Å². The first kappa shape index (κ1) is 24.7. The minimum atomic E-state index is -0.608. The molecule has 1 N–H and O–H groups in total. The molecule has 0 aliphatic carbocycles. The number of ether oxygens (including phenoxy) is 1. The number of methoxy groups -OCH3 is 1. The Morgan fingerprint density at radius 1 is 1.10 bits per heavy atom. The van der Waals surface area contributed by atoms with Gasteiger partial charge in [-0.2, -0.15) is 0 Å². The van der Waals surface area contributed by atoms with Crippen LogP contribution in [-0.4, -0.2) is 42.2 Å². The highest BCUT2D eigenvalue weighted by molar-refractivity contribution is 7.99. The maximum atomic E-state index is 13.1. The van der Waals surface area contributed by atoms with Gasteiger partial charge in [-0.15, -0.1) is 11.8 Å². The third kappa shape index (κ3) is 8.25. The number of thioether (sulfide) groups is 1. The maximum absolute atomic E-state index is 13.1. The molecular formula is C24H31FN2O3S. The van der Waals surface area contributed by atoms with Crippen LogP contribution in [-0.2, 0) is 21.9 Å². The van der Waals surface area contributed by atoms with Gasteiger partial charge in [-0.25, -0.2) is 4.39 Å². The van der Waals surface area contributed by atoms with Crippen LogP contribution in [0.15, 0.2) is 48.5 Å². The topological polar surface area (TPSA) is 58.6 Å². The lowest BCUT2D eigenvalue weighted by Crippen LogP contribution is -2.48. The third-order valence-electron chi connectivity index (χ3n) is 4.75. The van der Waals surface area contributed by atoms with Crippen LogP contribution in [0.5, 0.6) is 5.75 Å². The number of hydrogen-bond donors (Lipinski definition) is 1. The van der Waals surface area contributed by atoms with Gasteiger partial charge in [0.15, 0.2) is 0 Å². The molecule has 0 aliphatic rings. The highest BCUT2D eigenvalue weighted by Crippen LogP contribution is 2.19. The number of carbonyl (C=O) groups is 2. The number of nitrogens with zero attached hydrogens (tertiary/aromatic N) is 1. The molecule has 31 heavy (non-hydrogen) atoms. The Labute approximate surface area is 188 Å². The van der Waals surface area contributed by atoms with Gasteiger partial charge in [0.05, 0.1) is 12.9 Å². The van der Waals surface area contributed by atoms with E-state index in [9.17, 15) is 14.0 Å². The average Bonchev–Trinajstić information content (AvgIpc) is 2.76. The summed E-state index contributed by atoms with van der Waals surface area (Å²) in [6, 6.07) is 13.1. The number of amides is 2. The Kier molecular flexibility index (Phi) is 9.85. The maximum Gasteiger partial charge on any atom is 0.242 e. The molecule has 0 fully saturated rings. The van der Waals surface area contributed by atoms with Crippen molar-refractivity contribution in [1.82, 2.24) is 10.2 Å². The molecule has 0 aromatic heterocycles. The lowest BCUT2D eigenvalue weighted by Gasteiger charge is -2.29. The zero-order valence-corrected chi connectivity index (χ0v) is 19.4. The van der Waals surface area contributed by atoms with Gasteiger partial charge in [-0.1, -0.05) is 38.1 Å². The Morgan fingerprint density at radius 2 is 1.81 bits per heavy atom. The van der Waals surface area contributed by atoms with E-state index >= 15 is 0 Å². The number of rotatable bonds is 11. The van der Waals surface area contributed by atoms with Crippen LogP contribution in [0.25, 0.3) is 0 Å². The van der Waals surface area contributed by atoms with Gasteiger partial charge in [0.1, 0.15) is 17.6 Å². The van der Waals surface area contributed by atoms with E-state index in [-0.39, 0.29) is 23.4 Å². The van der Waals surface area contributed by atoms with Gasteiger partial charge < -0.3 is 15.0 Å². The van der Waals surface area contributed by atoms with Crippen LogP contribution >= 0.6 is 11.8 Å². The zero-order chi connectivity index (χ0) is 22.8. The van der Waals surface area contributed by atoms with E-state index in [1.807, 2.05) is 38.1 Å². The second kappa shape index (κ2) is 12.3. The van der Waals surface area contributed by atoms with Crippen molar-refractivity contribution in [2.75, 3.05) is 19.4 Å². The minimum absolute atomic E-state index is 0.123. The fourth-order valence-corrected chi connectivity index (χ4v) is 3.79. The number of carbonyl (C=O) groups excluding carboxylic acids is 2. The van der Waals surface area contributed by atoms with Crippen molar-refractivity contribution in [1.29, 1.82) is 0 Å². The number of halogens is 1. The fourth-order valence-electron chi connectivity index (χ4n) is 2.92. The van der Waals surface area contributed by atoms with E-state index in [1.54, 1.807) is 31.1 Å². The van der Waals surface area contributed by atoms with E-state index in [2.05, 4.69) is 5.32 Å². The molecule has 0 saturated carbocycles. The molecule has 0 radical (unpaired) electrons. The predicted octanol–water partition coefficient (Wildman–Crippen LogP) is 4.26. The predicted molar refractivity (Wildman–Crippen MR) is 123 cm³/mol. The molecule has 168 valence electrons. The summed E-state index contributed by atoms with van der Waals surface area (Å²) in [5, 5.41) is 2.91. The molecule has 0 spiro atoms. The van der Waals surface area contributed by atoms with Crippen molar-refractivity contribution in [3.63, 3.8) is 0 Å². The molecule has 0 heterocycles. The monoisotopic (exact) mass is 446 g/mol. The molecule has 0 bridgehead atoms. The lowest BCUT2D eigenvalue weighted by molar-refractivity contribution is -0.138. The molecule has 7 heteroatoms. The molecular weight excluding hydrogens is 415 g/mol. The number of hydrogen-bond acceptors (Lipinski definition) is 4. The Bertz CT molecular complexity index is 858. The van der Waals surface area contributed by atoms with E-state index in [0.29, 0.717) is 30.5 Å². The van der Waals surface area contributed by atoms with Gasteiger partial charge in [-0.3, -0.25) is 9.59 Å². The molecule has 2 aromatic carbocycles. The SMILES string of the molecule is COc1cccc(CN(C(=O)CSCc2ccc(F)cc2)[C@@H](C)C(=O)NCC(C)C)c1. The van der Waals surface area contributed by atoms with Crippen LogP contribution < -0.4 is 10.1 Å². The van der Waals surface area contributed by atoms with Crippen LogP contribution in [0.1, 0.15) is 31.9 Å². The summed E-state index contributed by atoms with van der Waals surface area (Å²) >= 11 is 1.44. The highest BCUT2D eigenvalue weighted by atomic mass is 32.2. The molecule has 2 rings (SSSR count). The van der Waals surface area contributed by atoms with Crippen LogP contribution in [0.4, 0.5) is 4.39 Å². The largest absolute Gasteiger partial charge is 0.497 e. The summed E-state index contributed by atoms with van der Waals surface area (Å²) in [6.45, 7) is 6.66. The van der Waals surface area contributed by atoms with Crippen molar-refractivity contribution in [3.8, 4) is 5.75 Å². The quantitative estimate of drug-likeness (QED) is 0.560. The van der Waals surface area contributed by atoms with Gasteiger partial charge in [0.25, 0.3) is 0 Å². The Hall–Kier alpha value is -2.54. The summed E-state index contributed by atoms with van der Waals surface area (Å²) in [5.74, 6) is 1.26. The minimum Gasteiger partial charge on any atom is -0.497 e. The summed E-state index contributed by atoms with van der Waals surface area (Å²) in [5.41, 5.74) is 1.83. The van der Waals surface area contributed by atoms with Crippen LogP contribution in [0.3, 0.4) is 0 Å². The fraction of sp³-hybridized carbons (Fsp3) is 0.417. The first-order valence-corrected chi connectivity index (χ1v) is 11.5. The van der Waals surface area contributed by atoms with Gasteiger partial charge in [-0.05, 0) is 48.2 Å². The Balaban J connectivity index is 2.07. The normalized spacial score (nSPS) is 11.8. The van der Waals surface area contributed by atoms with E-state index < -0.39 is 6.04 Å². The molecule has 5 nitrogen and oxygen atoms in total. The second-order valence-corrected chi connectivity index (χ2v) is 8.79. The summed E-state index contributed by atoms with van der Waals surface area (Å²) in [7, 11) is 1.59. The third-order valence-corrected chi connectivity index (χ3v) is 5.73. The lowest BCUT2D eigenvalue weighted by atomic mass is 10.1. The zero-order valence-electron chi connectivity index (χ0n) is 18.6. The highest BCUT2D eigenvalue weighted by Gasteiger charge is 2.26. The van der Waals surface area contributed by atoms with Crippen molar-refractivity contribution in [3.05, 3.63) is 65.5 Å². The standard InChI is InChI=1S/C24H31FN2O3S/c1-17(2)13-26-24(29)18(3)27(14-20-6-5-7-22(12-20)30-4)23(28)16-31-15-19-8-10-21(25)11-9-19/h5-12,17-18H,13-16H2,1-4H3,(H,26,29)/t18-/m0/s1. The van der Waals surface area contributed by atoms with Crippen molar-refractivity contribution < 1.29 is 18.7 Å². The van der Waals surface area contributed by atoms with Crippen molar-refractivity contribution >= 4 is 23.6 Å². The van der Waals surface area contributed by atoms with Gasteiger partial charge in [0.2, 0.25) is 11.8 Å². The number of nitrogens with one attached hydrogen (secondary N) is 1. The molecule has 0 unspecified atom stereocenters. The van der Waals surface area contributed by atoms with E-state index in [0.717, 1.165) is 11.1 Å². The summed E-state index contributed by atoms with van der Waals surface area (Å²) in [4.78, 5) is 27.3. The van der Waals surface area contributed by atoms with Gasteiger partial charge in [0, 0.05) is 18.8 Å². The van der Waals surface area contributed by atoms with E-state index in [1.165, 1.54) is 23.9 Å². The second-order valence-electron chi connectivity index (χ2n) is 7.81. The van der Waals surface area contributed by atoms with Crippen molar-refractivity contribution in [2.24, 2.45) is 5.92 Å². The number of benzene rings is 2.